The number of aryl methyl sites for hydroxylation is 1. The van der Waals surface area contributed by atoms with Crippen LogP contribution < -0.4 is 4.74 Å². The molecule has 7 nitrogen and oxygen atoms in total. The van der Waals surface area contributed by atoms with E-state index in [1.165, 1.54) is 0 Å². The van der Waals surface area contributed by atoms with Gasteiger partial charge in [-0.15, -0.1) is 0 Å². The topological polar surface area (TPSA) is 71.7 Å². The molecule has 0 N–H and O–H groups in total. The highest BCUT2D eigenvalue weighted by molar-refractivity contribution is 5.77. The van der Waals surface area contributed by atoms with Crippen LogP contribution in [0.1, 0.15) is 30.8 Å². The van der Waals surface area contributed by atoms with Crippen molar-refractivity contribution < 1.29 is 14.1 Å². The lowest BCUT2D eigenvalue weighted by Crippen LogP contribution is -2.49. The molecule has 1 aromatic heterocycles. The molecule has 0 aliphatic carbocycles. The van der Waals surface area contributed by atoms with Gasteiger partial charge in [0.2, 0.25) is 17.6 Å². The fourth-order valence-corrected chi connectivity index (χ4v) is 3.88. The highest BCUT2D eigenvalue weighted by Gasteiger charge is 2.30. The van der Waals surface area contributed by atoms with Gasteiger partial charge < -0.3 is 19.1 Å². The van der Waals surface area contributed by atoms with Gasteiger partial charge in [0.25, 0.3) is 0 Å². The number of hydrogen-bond donors (Lipinski definition) is 0. The first kappa shape index (κ1) is 21.1. The van der Waals surface area contributed by atoms with E-state index in [4.69, 9.17) is 9.26 Å². The number of amides is 1. The molecule has 1 unspecified atom stereocenters. The molecule has 1 saturated heterocycles. The molecule has 0 spiro atoms. The average molecular weight is 421 g/mol. The van der Waals surface area contributed by atoms with E-state index in [9.17, 15) is 4.79 Å². The molecular formula is C24H28N4O3. The van der Waals surface area contributed by atoms with Crippen LogP contribution >= 0.6 is 0 Å². The summed E-state index contributed by atoms with van der Waals surface area (Å²) in [6.45, 7) is 4.99. The molecule has 2 aromatic carbocycles. The van der Waals surface area contributed by atoms with Crippen molar-refractivity contribution in [3.05, 3.63) is 66.1 Å². The quantitative estimate of drug-likeness (QED) is 0.582. The predicted octanol–water partition coefficient (Wildman–Crippen LogP) is 3.58. The van der Waals surface area contributed by atoms with E-state index >= 15 is 0 Å². The Morgan fingerprint density at radius 1 is 1.13 bits per heavy atom. The maximum atomic E-state index is 13.0. The van der Waals surface area contributed by atoms with Gasteiger partial charge in [-0.05, 0) is 43.8 Å². The van der Waals surface area contributed by atoms with Gasteiger partial charge in [0, 0.05) is 38.0 Å². The summed E-state index contributed by atoms with van der Waals surface area (Å²) in [7, 11) is 2.10. The Kier molecular flexibility index (Phi) is 6.62. The molecule has 1 amide bonds. The molecule has 7 heteroatoms. The summed E-state index contributed by atoms with van der Waals surface area (Å²) >= 11 is 0. The Hall–Kier alpha value is -3.19. The van der Waals surface area contributed by atoms with E-state index in [1.807, 2.05) is 54.3 Å². The lowest BCUT2D eigenvalue weighted by molar-refractivity contribution is -0.136. The molecule has 1 fully saturated rings. The molecule has 1 aliphatic heterocycles. The first-order valence-electron chi connectivity index (χ1n) is 10.7. The fraction of sp³-hybridized carbons (Fsp3) is 0.375. The zero-order chi connectivity index (χ0) is 21.6. The summed E-state index contributed by atoms with van der Waals surface area (Å²) in [4.78, 5) is 21.8. The van der Waals surface area contributed by atoms with Crippen molar-refractivity contribution in [2.45, 2.75) is 25.8 Å². The van der Waals surface area contributed by atoms with Gasteiger partial charge in [0.05, 0.1) is 12.6 Å². The Morgan fingerprint density at radius 2 is 1.90 bits per heavy atom. The van der Waals surface area contributed by atoms with Crippen LogP contribution in [-0.4, -0.2) is 59.1 Å². The van der Waals surface area contributed by atoms with Crippen LogP contribution in [-0.2, 0) is 11.2 Å². The second kappa shape index (κ2) is 9.75. The number of likely N-dealkylation sites (N-methyl/N-ethyl adjacent to an activating group) is 1. The van der Waals surface area contributed by atoms with Crippen LogP contribution in [0.15, 0.2) is 59.1 Å². The zero-order valence-corrected chi connectivity index (χ0v) is 18.0. The third-order valence-electron chi connectivity index (χ3n) is 5.53. The van der Waals surface area contributed by atoms with Crippen molar-refractivity contribution in [3.8, 4) is 17.1 Å². The van der Waals surface area contributed by atoms with Crippen LogP contribution in [0, 0.1) is 0 Å². The maximum Gasteiger partial charge on any atom is 0.227 e. The van der Waals surface area contributed by atoms with Crippen LogP contribution in [0.4, 0.5) is 0 Å². The minimum atomic E-state index is 0.0644. The summed E-state index contributed by atoms with van der Waals surface area (Å²) in [5.41, 5.74) is 2.02. The third-order valence-corrected chi connectivity index (χ3v) is 5.53. The van der Waals surface area contributed by atoms with E-state index in [0.717, 1.165) is 36.5 Å². The normalized spacial score (nSPS) is 17.0. The maximum absolute atomic E-state index is 13.0. The monoisotopic (exact) mass is 420 g/mol. The van der Waals surface area contributed by atoms with Crippen molar-refractivity contribution in [1.82, 2.24) is 19.9 Å². The van der Waals surface area contributed by atoms with Gasteiger partial charge in [-0.1, -0.05) is 35.5 Å². The van der Waals surface area contributed by atoms with Crippen LogP contribution in [0.2, 0.25) is 0 Å². The molecule has 2 heterocycles. The molecule has 0 bridgehead atoms. The summed E-state index contributed by atoms with van der Waals surface area (Å²) < 4.78 is 10.9. The second-order valence-electron chi connectivity index (χ2n) is 7.74. The highest BCUT2D eigenvalue weighted by atomic mass is 16.5. The standard InChI is InChI=1S/C24H28N4O3/c1-3-30-20-11-9-19(10-12-20)24-25-22(31-26-24)13-14-23(29)28-16-15-27(2)17-21(28)18-7-5-4-6-8-18/h4-12,21H,3,13-17H2,1-2H3. The van der Waals surface area contributed by atoms with Crippen molar-refractivity contribution in [2.75, 3.05) is 33.3 Å². The molecule has 0 radical (unpaired) electrons. The molecule has 4 rings (SSSR count). The summed E-state index contributed by atoms with van der Waals surface area (Å²) in [6.07, 6.45) is 0.772. The van der Waals surface area contributed by atoms with E-state index in [1.54, 1.807) is 0 Å². The van der Waals surface area contributed by atoms with Gasteiger partial charge in [-0.2, -0.15) is 4.98 Å². The van der Waals surface area contributed by atoms with Crippen LogP contribution in [0.3, 0.4) is 0 Å². The lowest BCUT2D eigenvalue weighted by Gasteiger charge is -2.40. The minimum Gasteiger partial charge on any atom is -0.494 e. The molecular weight excluding hydrogens is 392 g/mol. The number of benzene rings is 2. The highest BCUT2D eigenvalue weighted by Crippen LogP contribution is 2.26. The molecule has 3 aromatic rings. The van der Waals surface area contributed by atoms with Crippen molar-refractivity contribution in [2.24, 2.45) is 0 Å². The molecule has 31 heavy (non-hydrogen) atoms. The molecule has 1 atom stereocenters. The molecule has 0 saturated carbocycles. The number of hydrogen-bond acceptors (Lipinski definition) is 6. The Bertz CT molecular complexity index is 988. The SMILES string of the molecule is CCOc1ccc(-c2noc(CCC(=O)N3CCN(C)CC3c3ccccc3)n2)cc1. The smallest absolute Gasteiger partial charge is 0.227 e. The number of ether oxygens (including phenoxy) is 1. The number of aromatic nitrogens is 2. The minimum absolute atomic E-state index is 0.0644. The summed E-state index contributed by atoms with van der Waals surface area (Å²) in [5.74, 6) is 1.92. The first-order chi connectivity index (χ1) is 15.1. The molecule has 1 aliphatic rings. The number of nitrogens with zero attached hydrogens (tertiary/aromatic N) is 4. The first-order valence-corrected chi connectivity index (χ1v) is 10.7. The van der Waals surface area contributed by atoms with Crippen LogP contribution in [0.25, 0.3) is 11.4 Å². The van der Waals surface area contributed by atoms with Crippen molar-refractivity contribution in [1.29, 1.82) is 0 Å². The van der Waals surface area contributed by atoms with Crippen molar-refractivity contribution in [3.63, 3.8) is 0 Å². The predicted molar refractivity (Wildman–Crippen MR) is 118 cm³/mol. The number of carbonyl (C=O) groups excluding carboxylic acids is 1. The third kappa shape index (κ3) is 5.11. The summed E-state index contributed by atoms with van der Waals surface area (Å²) in [6, 6.07) is 17.9. The number of rotatable bonds is 7. The number of piperazine rings is 1. The van der Waals surface area contributed by atoms with Gasteiger partial charge in [-0.25, -0.2) is 0 Å². The van der Waals surface area contributed by atoms with Crippen molar-refractivity contribution >= 4 is 5.91 Å². The fourth-order valence-electron chi connectivity index (χ4n) is 3.88. The molecule has 162 valence electrons. The Labute approximate surface area is 182 Å². The van der Waals surface area contributed by atoms with Gasteiger partial charge in [0.15, 0.2) is 0 Å². The van der Waals surface area contributed by atoms with E-state index in [-0.39, 0.29) is 11.9 Å². The second-order valence-corrected chi connectivity index (χ2v) is 7.74. The average Bonchev–Trinajstić information content (AvgIpc) is 3.28. The van der Waals surface area contributed by atoms with Gasteiger partial charge in [0.1, 0.15) is 5.75 Å². The Morgan fingerprint density at radius 3 is 2.65 bits per heavy atom. The Balaban J connectivity index is 1.39. The van der Waals surface area contributed by atoms with E-state index < -0.39 is 0 Å². The van der Waals surface area contributed by atoms with Crippen LogP contribution in [0.5, 0.6) is 5.75 Å². The summed E-state index contributed by atoms with van der Waals surface area (Å²) in [5, 5.41) is 4.07. The van der Waals surface area contributed by atoms with E-state index in [2.05, 4.69) is 34.2 Å². The number of carbonyl (C=O) groups is 1. The van der Waals surface area contributed by atoms with E-state index in [0.29, 0.717) is 31.2 Å². The largest absolute Gasteiger partial charge is 0.494 e. The van der Waals surface area contributed by atoms with Gasteiger partial charge >= 0.3 is 0 Å². The van der Waals surface area contributed by atoms with Gasteiger partial charge in [-0.3, -0.25) is 4.79 Å². The lowest BCUT2D eigenvalue weighted by atomic mass is 10.0. The zero-order valence-electron chi connectivity index (χ0n) is 18.0.